The van der Waals surface area contributed by atoms with Gasteiger partial charge in [0.25, 0.3) is 0 Å². The standard InChI is InChI=1S/C22H24N4O4/c1-3-5-14-29-18-12-8-17(9-13-18)25-21-20(26(27)28)22(24-15-23-21)30-19-10-6-16(4-2)7-11-19/h6-13,15H,3-5,14H2,1-2H3,(H,23,24,25). The Morgan fingerprint density at radius 1 is 1.00 bits per heavy atom. The van der Waals surface area contributed by atoms with E-state index in [0.717, 1.165) is 30.6 Å². The van der Waals surface area contributed by atoms with Gasteiger partial charge in [-0.2, -0.15) is 4.98 Å². The highest BCUT2D eigenvalue weighted by molar-refractivity contribution is 5.69. The van der Waals surface area contributed by atoms with E-state index < -0.39 is 4.92 Å². The van der Waals surface area contributed by atoms with Gasteiger partial charge in [0.2, 0.25) is 5.82 Å². The molecule has 2 aromatic carbocycles. The fraction of sp³-hybridized carbons (Fsp3) is 0.273. The molecular weight excluding hydrogens is 384 g/mol. The third-order valence-electron chi connectivity index (χ3n) is 4.40. The number of rotatable bonds is 10. The third-order valence-corrected chi connectivity index (χ3v) is 4.40. The van der Waals surface area contributed by atoms with E-state index in [4.69, 9.17) is 9.47 Å². The van der Waals surface area contributed by atoms with E-state index in [0.29, 0.717) is 18.0 Å². The number of nitrogens with one attached hydrogen (secondary N) is 1. The minimum atomic E-state index is -0.555. The Labute approximate surface area is 175 Å². The van der Waals surface area contributed by atoms with Crippen LogP contribution in [0.5, 0.6) is 17.4 Å². The number of ether oxygens (including phenoxy) is 2. The van der Waals surface area contributed by atoms with E-state index in [-0.39, 0.29) is 17.4 Å². The minimum Gasteiger partial charge on any atom is -0.494 e. The largest absolute Gasteiger partial charge is 0.494 e. The zero-order valence-corrected chi connectivity index (χ0v) is 17.0. The Hall–Kier alpha value is -3.68. The highest BCUT2D eigenvalue weighted by Gasteiger charge is 2.25. The van der Waals surface area contributed by atoms with Gasteiger partial charge in [0.15, 0.2) is 0 Å². The number of unbranched alkanes of at least 4 members (excludes halogenated alkanes) is 1. The molecule has 0 bridgehead atoms. The van der Waals surface area contributed by atoms with Gasteiger partial charge in [-0.15, -0.1) is 0 Å². The van der Waals surface area contributed by atoms with Gasteiger partial charge in [0.1, 0.15) is 17.8 Å². The van der Waals surface area contributed by atoms with Crippen LogP contribution in [-0.4, -0.2) is 21.5 Å². The van der Waals surface area contributed by atoms with Crippen LogP contribution in [0, 0.1) is 10.1 Å². The summed E-state index contributed by atoms with van der Waals surface area (Å²) in [5, 5.41) is 14.7. The van der Waals surface area contributed by atoms with Crippen LogP contribution in [0.4, 0.5) is 17.2 Å². The summed E-state index contributed by atoms with van der Waals surface area (Å²) in [6.45, 7) is 4.80. The number of anilines is 2. The molecule has 0 atom stereocenters. The molecular formula is C22H24N4O4. The smallest absolute Gasteiger partial charge is 0.373 e. The summed E-state index contributed by atoms with van der Waals surface area (Å²) in [4.78, 5) is 19.1. The van der Waals surface area contributed by atoms with Crippen molar-refractivity contribution in [2.75, 3.05) is 11.9 Å². The van der Waals surface area contributed by atoms with Crippen molar-refractivity contribution < 1.29 is 14.4 Å². The molecule has 0 saturated heterocycles. The van der Waals surface area contributed by atoms with Crippen LogP contribution in [0.15, 0.2) is 54.9 Å². The van der Waals surface area contributed by atoms with Crippen LogP contribution < -0.4 is 14.8 Å². The van der Waals surface area contributed by atoms with Crippen LogP contribution in [0.25, 0.3) is 0 Å². The normalized spacial score (nSPS) is 10.5. The first-order chi connectivity index (χ1) is 14.6. The van der Waals surface area contributed by atoms with Gasteiger partial charge < -0.3 is 14.8 Å². The molecule has 0 aliphatic rings. The third kappa shape index (κ3) is 5.44. The van der Waals surface area contributed by atoms with Crippen molar-refractivity contribution in [1.29, 1.82) is 0 Å². The van der Waals surface area contributed by atoms with Crippen molar-refractivity contribution in [1.82, 2.24) is 9.97 Å². The zero-order chi connectivity index (χ0) is 21.3. The molecule has 1 N–H and O–H groups in total. The molecule has 156 valence electrons. The van der Waals surface area contributed by atoms with E-state index in [9.17, 15) is 10.1 Å². The average molecular weight is 408 g/mol. The van der Waals surface area contributed by atoms with E-state index in [1.807, 2.05) is 19.1 Å². The molecule has 8 nitrogen and oxygen atoms in total. The Morgan fingerprint density at radius 2 is 1.70 bits per heavy atom. The summed E-state index contributed by atoms with van der Waals surface area (Å²) in [6, 6.07) is 14.5. The summed E-state index contributed by atoms with van der Waals surface area (Å²) in [5.74, 6) is 1.13. The Kier molecular flexibility index (Phi) is 7.15. The maximum Gasteiger partial charge on any atom is 0.373 e. The van der Waals surface area contributed by atoms with Crippen molar-refractivity contribution >= 4 is 17.2 Å². The molecule has 1 aromatic heterocycles. The van der Waals surface area contributed by atoms with E-state index >= 15 is 0 Å². The van der Waals surface area contributed by atoms with Gasteiger partial charge in [-0.05, 0) is 54.8 Å². The van der Waals surface area contributed by atoms with E-state index in [1.54, 1.807) is 36.4 Å². The van der Waals surface area contributed by atoms with Crippen LogP contribution in [-0.2, 0) is 6.42 Å². The fourth-order valence-corrected chi connectivity index (χ4v) is 2.70. The van der Waals surface area contributed by atoms with E-state index in [2.05, 4.69) is 22.2 Å². The molecule has 3 rings (SSSR count). The summed E-state index contributed by atoms with van der Waals surface area (Å²) in [7, 11) is 0. The Balaban J connectivity index is 1.79. The lowest BCUT2D eigenvalue weighted by Gasteiger charge is -2.10. The maximum absolute atomic E-state index is 11.7. The maximum atomic E-state index is 11.7. The van der Waals surface area contributed by atoms with Crippen LogP contribution >= 0.6 is 0 Å². The number of aromatic nitrogens is 2. The van der Waals surface area contributed by atoms with Gasteiger partial charge >= 0.3 is 11.6 Å². The van der Waals surface area contributed by atoms with Gasteiger partial charge in [-0.25, -0.2) is 4.98 Å². The molecule has 0 radical (unpaired) electrons. The average Bonchev–Trinajstić information content (AvgIpc) is 2.75. The first-order valence-electron chi connectivity index (χ1n) is 9.86. The summed E-state index contributed by atoms with van der Waals surface area (Å²) in [5.41, 5.74) is 1.45. The van der Waals surface area contributed by atoms with Crippen molar-refractivity contribution in [3.05, 3.63) is 70.5 Å². The quantitative estimate of drug-likeness (QED) is 0.262. The van der Waals surface area contributed by atoms with Crippen molar-refractivity contribution in [3.63, 3.8) is 0 Å². The molecule has 0 unspecified atom stereocenters. The van der Waals surface area contributed by atoms with Gasteiger partial charge in [0.05, 0.1) is 11.5 Å². The zero-order valence-electron chi connectivity index (χ0n) is 17.0. The second-order valence-corrected chi connectivity index (χ2v) is 6.58. The molecule has 3 aromatic rings. The first-order valence-corrected chi connectivity index (χ1v) is 9.86. The predicted molar refractivity (Wildman–Crippen MR) is 115 cm³/mol. The Morgan fingerprint density at radius 3 is 2.33 bits per heavy atom. The van der Waals surface area contributed by atoms with Crippen LogP contribution in [0.3, 0.4) is 0 Å². The lowest BCUT2D eigenvalue weighted by molar-refractivity contribution is -0.385. The number of benzene rings is 2. The molecule has 0 spiro atoms. The molecule has 8 heteroatoms. The first kappa shape index (κ1) is 21.0. The summed E-state index contributed by atoms with van der Waals surface area (Å²) in [6.07, 6.45) is 4.17. The second kappa shape index (κ2) is 10.2. The van der Waals surface area contributed by atoms with Gasteiger partial charge in [-0.3, -0.25) is 10.1 Å². The topological polar surface area (TPSA) is 99.4 Å². The predicted octanol–water partition coefficient (Wildman–Crippen LogP) is 5.66. The molecule has 0 amide bonds. The fourth-order valence-electron chi connectivity index (χ4n) is 2.70. The van der Waals surface area contributed by atoms with Crippen LogP contribution in [0.1, 0.15) is 32.3 Å². The molecule has 0 aliphatic carbocycles. The lowest BCUT2D eigenvalue weighted by Crippen LogP contribution is -2.03. The van der Waals surface area contributed by atoms with Crippen molar-refractivity contribution in [2.24, 2.45) is 0 Å². The second-order valence-electron chi connectivity index (χ2n) is 6.58. The molecule has 0 fully saturated rings. The Bertz CT molecular complexity index is 975. The molecule has 30 heavy (non-hydrogen) atoms. The summed E-state index contributed by atoms with van der Waals surface area (Å²) >= 11 is 0. The SMILES string of the molecule is CCCCOc1ccc(Nc2ncnc(Oc3ccc(CC)cc3)c2[N+](=O)[O-])cc1. The highest BCUT2D eigenvalue weighted by atomic mass is 16.6. The van der Waals surface area contributed by atoms with Crippen molar-refractivity contribution in [2.45, 2.75) is 33.1 Å². The lowest BCUT2D eigenvalue weighted by atomic mass is 10.2. The molecule has 0 saturated carbocycles. The van der Waals surface area contributed by atoms with Crippen LogP contribution in [0.2, 0.25) is 0 Å². The van der Waals surface area contributed by atoms with E-state index in [1.165, 1.54) is 6.33 Å². The monoisotopic (exact) mass is 408 g/mol. The minimum absolute atomic E-state index is 0.0508. The highest BCUT2D eigenvalue weighted by Crippen LogP contribution is 2.35. The van der Waals surface area contributed by atoms with Crippen molar-refractivity contribution in [3.8, 4) is 17.4 Å². The van der Waals surface area contributed by atoms with Gasteiger partial charge in [-0.1, -0.05) is 32.4 Å². The van der Waals surface area contributed by atoms with Gasteiger partial charge in [0, 0.05) is 5.69 Å². The number of nitro groups is 1. The number of nitrogens with zero attached hydrogens (tertiary/aromatic N) is 3. The number of aryl methyl sites for hydroxylation is 1. The summed E-state index contributed by atoms with van der Waals surface area (Å²) < 4.78 is 11.3. The number of hydrogen-bond donors (Lipinski definition) is 1. The molecule has 0 aliphatic heterocycles. The number of hydrogen-bond acceptors (Lipinski definition) is 7. The molecule has 1 heterocycles.